The van der Waals surface area contributed by atoms with Gasteiger partial charge in [-0.2, -0.15) is 0 Å². The minimum atomic E-state index is -0.448. The maximum atomic E-state index is 12.1. The number of cyclic esters (lactones) is 1. The topological polar surface area (TPSA) is 47.9 Å². The van der Waals surface area contributed by atoms with Crippen molar-refractivity contribution < 1.29 is 14.3 Å². The molecule has 0 amide bonds. The summed E-state index contributed by atoms with van der Waals surface area (Å²) in [5, 5.41) is 0. The second-order valence-corrected chi connectivity index (χ2v) is 5.36. The van der Waals surface area contributed by atoms with Gasteiger partial charge in [0.2, 0.25) is 5.90 Å². The third-order valence-electron chi connectivity index (χ3n) is 3.73. The summed E-state index contributed by atoms with van der Waals surface area (Å²) in [4.78, 5) is 16.5. The molecule has 24 heavy (non-hydrogen) atoms. The molecule has 0 radical (unpaired) electrons. The molecule has 0 atom stereocenters. The third-order valence-corrected chi connectivity index (χ3v) is 3.73. The van der Waals surface area contributed by atoms with E-state index in [4.69, 9.17) is 9.47 Å². The standard InChI is InChI=1S/C20H19NO3/c1-3-14-9-11-15(12-10-14)13-17-20(22)24-19(21-17)16-7-5-6-8-18(16)23-4-2/h5-13H,3-4H2,1-2H3. The minimum absolute atomic E-state index is 0.278. The van der Waals surface area contributed by atoms with E-state index in [2.05, 4.69) is 11.9 Å². The third kappa shape index (κ3) is 3.38. The van der Waals surface area contributed by atoms with Crippen LogP contribution >= 0.6 is 0 Å². The predicted octanol–water partition coefficient (Wildman–Crippen LogP) is 3.99. The Morgan fingerprint density at radius 1 is 1.08 bits per heavy atom. The first-order chi connectivity index (χ1) is 11.7. The molecule has 0 unspecified atom stereocenters. The summed E-state index contributed by atoms with van der Waals surface area (Å²) in [6.45, 7) is 4.55. The van der Waals surface area contributed by atoms with Gasteiger partial charge in [0, 0.05) is 0 Å². The van der Waals surface area contributed by atoms with Crippen molar-refractivity contribution in [1.29, 1.82) is 0 Å². The van der Waals surface area contributed by atoms with Crippen LogP contribution in [0.5, 0.6) is 5.75 Å². The first kappa shape index (κ1) is 16.0. The normalized spacial score (nSPS) is 15.3. The Kier molecular flexibility index (Phi) is 4.75. The van der Waals surface area contributed by atoms with Crippen molar-refractivity contribution in [2.24, 2.45) is 4.99 Å². The van der Waals surface area contributed by atoms with Gasteiger partial charge in [-0.05, 0) is 42.7 Å². The van der Waals surface area contributed by atoms with E-state index in [1.807, 2.05) is 55.5 Å². The molecular formula is C20H19NO3. The number of benzene rings is 2. The van der Waals surface area contributed by atoms with E-state index in [1.54, 1.807) is 6.08 Å². The lowest BCUT2D eigenvalue weighted by Crippen LogP contribution is -2.07. The van der Waals surface area contributed by atoms with Crippen LogP contribution in [0.1, 0.15) is 30.5 Å². The van der Waals surface area contributed by atoms with Crippen LogP contribution in [-0.4, -0.2) is 18.5 Å². The second kappa shape index (κ2) is 7.13. The highest BCUT2D eigenvalue weighted by atomic mass is 16.6. The van der Waals surface area contributed by atoms with E-state index in [-0.39, 0.29) is 5.90 Å². The fraction of sp³-hybridized carbons (Fsp3) is 0.200. The fourth-order valence-electron chi connectivity index (χ4n) is 2.46. The molecule has 0 saturated carbocycles. The highest BCUT2D eigenvalue weighted by Crippen LogP contribution is 2.25. The number of hydrogen-bond acceptors (Lipinski definition) is 4. The lowest BCUT2D eigenvalue weighted by atomic mass is 10.1. The number of carbonyl (C=O) groups excluding carboxylic acids is 1. The monoisotopic (exact) mass is 321 g/mol. The van der Waals surface area contributed by atoms with Gasteiger partial charge >= 0.3 is 5.97 Å². The van der Waals surface area contributed by atoms with E-state index in [9.17, 15) is 4.79 Å². The lowest BCUT2D eigenvalue weighted by Gasteiger charge is -2.08. The SMILES string of the molecule is CCOc1ccccc1C1=NC(=Cc2ccc(CC)cc2)C(=O)O1. The number of hydrogen-bond donors (Lipinski definition) is 0. The van der Waals surface area contributed by atoms with Gasteiger partial charge in [-0.25, -0.2) is 9.79 Å². The summed E-state index contributed by atoms with van der Waals surface area (Å²) in [7, 11) is 0. The van der Waals surface area contributed by atoms with E-state index in [0.29, 0.717) is 23.6 Å². The predicted molar refractivity (Wildman–Crippen MR) is 94.0 cm³/mol. The van der Waals surface area contributed by atoms with Crippen LogP contribution in [0.2, 0.25) is 0 Å². The van der Waals surface area contributed by atoms with Crippen molar-refractivity contribution >= 4 is 17.9 Å². The Morgan fingerprint density at radius 2 is 1.83 bits per heavy atom. The average molecular weight is 321 g/mol. The second-order valence-electron chi connectivity index (χ2n) is 5.36. The summed E-state index contributed by atoms with van der Waals surface area (Å²) in [6.07, 6.45) is 2.72. The van der Waals surface area contributed by atoms with Crippen LogP contribution in [0.4, 0.5) is 0 Å². The number of esters is 1. The van der Waals surface area contributed by atoms with Gasteiger partial charge in [0.05, 0.1) is 12.2 Å². The smallest absolute Gasteiger partial charge is 0.363 e. The average Bonchev–Trinajstić information content (AvgIpc) is 2.97. The van der Waals surface area contributed by atoms with Crippen LogP contribution in [0.15, 0.2) is 59.2 Å². The molecular weight excluding hydrogens is 302 g/mol. The van der Waals surface area contributed by atoms with Crippen LogP contribution in [0.3, 0.4) is 0 Å². The highest BCUT2D eigenvalue weighted by molar-refractivity contribution is 6.13. The highest BCUT2D eigenvalue weighted by Gasteiger charge is 2.26. The maximum absolute atomic E-state index is 12.1. The van der Waals surface area contributed by atoms with Crippen molar-refractivity contribution in [3.63, 3.8) is 0 Å². The van der Waals surface area contributed by atoms with Crippen molar-refractivity contribution in [3.05, 3.63) is 70.9 Å². The van der Waals surface area contributed by atoms with E-state index >= 15 is 0 Å². The molecule has 4 heteroatoms. The summed E-state index contributed by atoms with van der Waals surface area (Å²) in [6, 6.07) is 15.4. The zero-order valence-corrected chi connectivity index (χ0v) is 13.8. The summed E-state index contributed by atoms with van der Waals surface area (Å²) in [5.74, 6) is 0.483. The number of aliphatic imine (C=N–C) groups is 1. The van der Waals surface area contributed by atoms with Crippen LogP contribution < -0.4 is 4.74 Å². The number of aryl methyl sites for hydroxylation is 1. The molecule has 2 aromatic carbocycles. The van der Waals surface area contributed by atoms with Crippen molar-refractivity contribution in [3.8, 4) is 5.75 Å². The molecule has 0 spiro atoms. The molecule has 1 aliphatic heterocycles. The fourth-order valence-corrected chi connectivity index (χ4v) is 2.46. The van der Waals surface area contributed by atoms with Crippen LogP contribution in [0.25, 0.3) is 6.08 Å². The van der Waals surface area contributed by atoms with E-state index < -0.39 is 5.97 Å². The molecule has 0 aliphatic carbocycles. The van der Waals surface area contributed by atoms with Crippen LogP contribution in [-0.2, 0) is 16.0 Å². The lowest BCUT2D eigenvalue weighted by molar-refractivity contribution is -0.129. The van der Waals surface area contributed by atoms with Gasteiger partial charge in [-0.3, -0.25) is 0 Å². The van der Waals surface area contributed by atoms with E-state index in [0.717, 1.165) is 12.0 Å². The molecule has 0 saturated heterocycles. The molecule has 3 rings (SSSR count). The molecule has 0 bridgehead atoms. The largest absolute Gasteiger partial charge is 0.493 e. The van der Waals surface area contributed by atoms with Gasteiger partial charge in [0.25, 0.3) is 0 Å². The van der Waals surface area contributed by atoms with Gasteiger partial charge in [0.15, 0.2) is 5.70 Å². The summed E-state index contributed by atoms with van der Waals surface area (Å²) < 4.78 is 10.9. The van der Waals surface area contributed by atoms with Crippen molar-refractivity contribution in [1.82, 2.24) is 0 Å². The quantitative estimate of drug-likeness (QED) is 0.618. The first-order valence-electron chi connectivity index (χ1n) is 8.05. The molecule has 0 aromatic heterocycles. The number of rotatable bonds is 5. The van der Waals surface area contributed by atoms with E-state index in [1.165, 1.54) is 5.56 Å². The van der Waals surface area contributed by atoms with Gasteiger partial charge in [0.1, 0.15) is 5.75 Å². The maximum Gasteiger partial charge on any atom is 0.363 e. The van der Waals surface area contributed by atoms with Gasteiger partial charge in [-0.1, -0.05) is 43.3 Å². The molecule has 4 nitrogen and oxygen atoms in total. The van der Waals surface area contributed by atoms with Crippen molar-refractivity contribution in [2.75, 3.05) is 6.61 Å². The zero-order chi connectivity index (χ0) is 16.9. The number of ether oxygens (including phenoxy) is 2. The minimum Gasteiger partial charge on any atom is -0.493 e. The Labute approximate surface area is 141 Å². The van der Waals surface area contributed by atoms with Crippen molar-refractivity contribution in [2.45, 2.75) is 20.3 Å². The zero-order valence-electron chi connectivity index (χ0n) is 13.8. The molecule has 0 fully saturated rings. The number of nitrogens with zero attached hydrogens (tertiary/aromatic N) is 1. The van der Waals surface area contributed by atoms with Gasteiger partial charge < -0.3 is 9.47 Å². The Balaban J connectivity index is 1.91. The molecule has 122 valence electrons. The first-order valence-corrected chi connectivity index (χ1v) is 8.05. The number of para-hydroxylation sites is 1. The summed E-state index contributed by atoms with van der Waals surface area (Å²) in [5.41, 5.74) is 3.14. The van der Waals surface area contributed by atoms with Gasteiger partial charge in [-0.15, -0.1) is 0 Å². The Bertz CT molecular complexity index is 804. The molecule has 1 heterocycles. The molecule has 0 N–H and O–H groups in total. The Morgan fingerprint density at radius 3 is 2.54 bits per heavy atom. The molecule has 2 aromatic rings. The number of carbonyl (C=O) groups is 1. The van der Waals surface area contributed by atoms with Crippen LogP contribution in [0, 0.1) is 0 Å². The molecule has 1 aliphatic rings. The summed E-state index contributed by atoms with van der Waals surface area (Å²) >= 11 is 0. The Hall–Kier alpha value is -2.88.